The van der Waals surface area contributed by atoms with Crippen LogP contribution in [0.3, 0.4) is 0 Å². The lowest BCUT2D eigenvalue weighted by atomic mass is 10.2. The summed E-state index contributed by atoms with van der Waals surface area (Å²) < 4.78 is 1.76. The lowest BCUT2D eigenvalue weighted by molar-refractivity contribution is -0.586. The van der Waals surface area contributed by atoms with Crippen molar-refractivity contribution < 1.29 is 9.57 Å². The molecule has 2 rings (SSSR count). The number of benzene rings is 1. The van der Waals surface area contributed by atoms with Crippen molar-refractivity contribution in [1.82, 2.24) is 4.73 Å². The van der Waals surface area contributed by atoms with E-state index in [1.54, 1.807) is 12.1 Å². The molecule has 0 bridgehead atoms. The Balaban J connectivity index is 3.04. The Morgan fingerprint density at radius 2 is 2.06 bits per heavy atom. The molecule has 0 aliphatic heterocycles. The fourth-order valence-corrected chi connectivity index (χ4v) is 1.67. The van der Waals surface area contributed by atoms with Gasteiger partial charge in [-0.05, 0) is 18.6 Å². The van der Waals surface area contributed by atoms with Gasteiger partial charge in [0.05, 0.1) is 0 Å². The van der Waals surface area contributed by atoms with Gasteiger partial charge in [0.15, 0.2) is 5.52 Å². The zero-order chi connectivity index (χ0) is 11.9. The second-order valence-corrected chi connectivity index (χ2v) is 3.65. The largest absolute Gasteiger partial charge is 0.618 e. The molecule has 1 aromatic heterocycles. The first-order valence-electron chi connectivity index (χ1n) is 4.86. The third kappa shape index (κ3) is 1.32. The third-order valence-corrected chi connectivity index (χ3v) is 2.55. The van der Waals surface area contributed by atoms with Crippen molar-refractivity contribution in [1.29, 1.82) is 0 Å². The van der Waals surface area contributed by atoms with Crippen LogP contribution in [0.1, 0.15) is 11.3 Å². The highest BCUT2D eigenvalue weighted by molar-refractivity contribution is 5.72. The Morgan fingerprint density at radius 1 is 1.38 bits per heavy atom. The molecule has 5 nitrogen and oxygen atoms in total. The second kappa shape index (κ2) is 3.52. The van der Waals surface area contributed by atoms with E-state index in [4.69, 9.17) is 4.84 Å². The molecule has 2 aromatic rings. The molecule has 0 aliphatic carbocycles. The minimum atomic E-state index is -0.436. The van der Waals surface area contributed by atoms with E-state index in [0.29, 0.717) is 15.8 Å². The van der Waals surface area contributed by atoms with Crippen LogP contribution in [0.25, 0.3) is 11.0 Å². The number of hydrogen-bond donors (Lipinski definition) is 0. The van der Waals surface area contributed by atoms with Crippen LogP contribution < -0.4 is 15.1 Å². The number of hydrogen-bond acceptors (Lipinski definition) is 3. The van der Waals surface area contributed by atoms with Crippen molar-refractivity contribution in [2.24, 2.45) is 0 Å². The molecular weight excluding hydrogens is 208 g/mol. The summed E-state index contributed by atoms with van der Waals surface area (Å²) in [5.74, 6) is 0. The van der Waals surface area contributed by atoms with Crippen molar-refractivity contribution in [2.45, 2.75) is 13.8 Å². The Hall–Kier alpha value is -2.04. The second-order valence-electron chi connectivity index (χ2n) is 3.65. The average Bonchev–Trinajstić information content (AvgIpc) is 2.28. The quantitative estimate of drug-likeness (QED) is 0.513. The third-order valence-electron chi connectivity index (χ3n) is 2.55. The standard InChI is InChI=1S/C11H12N2O3/c1-7-4-5-9-10(6-7)12(15)8(2)11(14)13(9)16-3/h4-6H,1-3H3. The first-order chi connectivity index (χ1) is 7.56. The van der Waals surface area contributed by atoms with Gasteiger partial charge in [-0.3, -0.25) is 4.79 Å². The van der Waals surface area contributed by atoms with E-state index in [-0.39, 0.29) is 5.69 Å². The van der Waals surface area contributed by atoms with E-state index in [1.165, 1.54) is 14.0 Å². The van der Waals surface area contributed by atoms with Crippen molar-refractivity contribution in [2.75, 3.05) is 7.11 Å². The van der Waals surface area contributed by atoms with E-state index >= 15 is 0 Å². The van der Waals surface area contributed by atoms with E-state index in [0.717, 1.165) is 10.3 Å². The van der Waals surface area contributed by atoms with Crippen LogP contribution >= 0.6 is 0 Å². The number of fused-ring (bicyclic) bond motifs is 1. The summed E-state index contributed by atoms with van der Waals surface area (Å²) in [7, 11) is 1.40. The molecule has 5 heteroatoms. The fourth-order valence-electron chi connectivity index (χ4n) is 1.67. The smallest absolute Gasteiger partial charge is 0.352 e. The maximum Gasteiger partial charge on any atom is 0.352 e. The summed E-state index contributed by atoms with van der Waals surface area (Å²) in [6.45, 7) is 3.36. The molecule has 1 heterocycles. The average molecular weight is 220 g/mol. The highest BCUT2D eigenvalue weighted by atomic mass is 16.6. The lowest BCUT2D eigenvalue weighted by Crippen LogP contribution is -2.43. The van der Waals surface area contributed by atoms with Gasteiger partial charge in [-0.15, -0.1) is 4.73 Å². The summed E-state index contributed by atoms with van der Waals surface area (Å²) in [4.78, 5) is 16.7. The summed E-state index contributed by atoms with van der Waals surface area (Å²) in [6, 6.07) is 5.25. The van der Waals surface area contributed by atoms with Crippen LogP contribution in [0.2, 0.25) is 0 Å². The van der Waals surface area contributed by atoms with Gasteiger partial charge in [-0.1, -0.05) is 6.07 Å². The Labute approximate surface area is 92.0 Å². The van der Waals surface area contributed by atoms with Crippen LogP contribution in [0.4, 0.5) is 0 Å². The lowest BCUT2D eigenvalue weighted by Gasteiger charge is -2.10. The van der Waals surface area contributed by atoms with Crippen LogP contribution in [0.15, 0.2) is 23.0 Å². The fraction of sp³-hybridized carbons (Fsp3) is 0.273. The first kappa shape index (κ1) is 10.5. The van der Waals surface area contributed by atoms with Crippen LogP contribution in [-0.4, -0.2) is 11.8 Å². The van der Waals surface area contributed by atoms with Gasteiger partial charge in [-0.2, -0.15) is 4.73 Å². The molecule has 16 heavy (non-hydrogen) atoms. The van der Waals surface area contributed by atoms with Gasteiger partial charge < -0.3 is 10.0 Å². The van der Waals surface area contributed by atoms with Crippen molar-refractivity contribution in [3.63, 3.8) is 0 Å². The van der Waals surface area contributed by atoms with E-state index in [1.807, 2.05) is 13.0 Å². The van der Waals surface area contributed by atoms with Gasteiger partial charge in [0.1, 0.15) is 7.11 Å². The van der Waals surface area contributed by atoms with Crippen LogP contribution in [0, 0.1) is 19.1 Å². The summed E-state index contributed by atoms with van der Waals surface area (Å²) in [6.07, 6.45) is 0. The SMILES string of the molecule is COn1c(=O)c(C)[n+]([O-])c2cc(C)ccc21. The molecular formula is C11H12N2O3. The Kier molecular flexibility index (Phi) is 2.30. The molecule has 0 spiro atoms. The Bertz CT molecular complexity index is 617. The predicted octanol–water partition coefficient (Wildman–Crippen LogP) is 0.310. The normalized spacial score (nSPS) is 10.7. The van der Waals surface area contributed by atoms with Gasteiger partial charge in [-0.25, -0.2) is 0 Å². The van der Waals surface area contributed by atoms with E-state index in [2.05, 4.69) is 0 Å². The number of nitrogens with zero attached hydrogens (tertiary/aromatic N) is 2. The number of rotatable bonds is 1. The van der Waals surface area contributed by atoms with E-state index < -0.39 is 5.56 Å². The zero-order valence-electron chi connectivity index (χ0n) is 9.35. The molecule has 84 valence electrons. The molecule has 0 saturated heterocycles. The number of aryl methyl sites for hydroxylation is 1. The highest BCUT2D eigenvalue weighted by Crippen LogP contribution is 2.10. The molecule has 0 atom stereocenters. The predicted molar refractivity (Wildman–Crippen MR) is 59.1 cm³/mol. The van der Waals surface area contributed by atoms with Gasteiger partial charge >= 0.3 is 5.56 Å². The minimum Gasteiger partial charge on any atom is -0.618 e. The molecule has 0 amide bonds. The molecule has 0 unspecified atom stereocenters. The molecule has 0 fully saturated rings. The summed E-state index contributed by atoms with van der Waals surface area (Å²) >= 11 is 0. The maximum absolute atomic E-state index is 11.8. The summed E-state index contributed by atoms with van der Waals surface area (Å²) in [5, 5.41) is 11.8. The minimum absolute atomic E-state index is 0.0972. The van der Waals surface area contributed by atoms with Crippen molar-refractivity contribution in [3.8, 4) is 0 Å². The monoisotopic (exact) mass is 220 g/mol. The van der Waals surface area contributed by atoms with Crippen LogP contribution in [-0.2, 0) is 0 Å². The highest BCUT2D eigenvalue weighted by Gasteiger charge is 2.17. The zero-order valence-corrected chi connectivity index (χ0v) is 9.35. The number of aromatic nitrogens is 2. The van der Waals surface area contributed by atoms with Crippen molar-refractivity contribution in [3.05, 3.63) is 45.0 Å². The summed E-state index contributed by atoms with van der Waals surface area (Å²) in [5.41, 5.74) is 1.52. The molecule has 1 aromatic carbocycles. The molecule has 0 saturated carbocycles. The van der Waals surface area contributed by atoms with Crippen LogP contribution in [0.5, 0.6) is 0 Å². The van der Waals surface area contributed by atoms with Gasteiger partial charge in [0.25, 0.3) is 5.69 Å². The Morgan fingerprint density at radius 3 is 2.69 bits per heavy atom. The first-order valence-corrected chi connectivity index (χ1v) is 4.86. The van der Waals surface area contributed by atoms with Gasteiger partial charge in [0.2, 0.25) is 5.52 Å². The van der Waals surface area contributed by atoms with E-state index in [9.17, 15) is 10.0 Å². The maximum atomic E-state index is 11.8. The molecule has 0 N–H and O–H groups in total. The van der Waals surface area contributed by atoms with Gasteiger partial charge in [0, 0.05) is 13.0 Å². The van der Waals surface area contributed by atoms with Crippen molar-refractivity contribution >= 4 is 11.0 Å². The topological polar surface area (TPSA) is 58.2 Å². The molecule has 0 radical (unpaired) electrons. The molecule has 0 aliphatic rings.